The topological polar surface area (TPSA) is 64.4 Å². The van der Waals surface area contributed by atoms with Crippen LogP contribution < -0.4 is 10.1 Å². The second-order valence-electron chi connectivity index (χ2n) is 6.09. The van der Waals surface area contributed by atoms with Gasteiger partial charge in [-0.2, -0.15) is 0 Å². The first-order chi connectivity index (χ1) is 13.7. The van der Waals surface area contributed by atoms with Gasteiger partial charge in [0, 0.05) is 10.9 Å². The number of anilines is 1. The van der Waals surface area contributed by atoms with Crippen LogP contribution in [-0.4, -0.2) is 18.0 Å². The molecule has 5 rings (SSSR count). The number of hydrogen-bond donors (Lipinski definition) is 1. The van der Waals surface area contributed by atoms with Gasteiger partial charge in [0.05, 0.1) is 17.3 Å². The van der Waals surface area contributed by atoms with Crippen molar-refractivity contribution in [1.82, 2.24) is 4.98 Å². The highest BCUT2D eigenvalue weighted by Crippen LogP contribution is 2.38. The Morgan fingerprint density at radius 3 is 2.89 bits per heavy atom. The molecule has 3 aromatic heterocycles. The fraction of sp³-hybridized carbons (Fsp3) is 0.0476. The number of carbonyl (C=O) groups is 1. The van der Waals surface area contributed by atoms with E-state index in [1.807, 2.05) is 47.8 Å². The molecule has 2 aromatic carbocycles. The minimum atomic E-state index is -0.303. The zero-order valence-corrected chi connectivity index (χ0v) is 16.4. The summed E-state index contributed by atoms with van der Waals surface area (Å²) in [6, 6.07) is 17.2. The van der Waals surface area contributed by atoms with E-state index in [4.69, 9.17) is 9.15 Å². The number of amides is 1. The van der Waals surface area contributed by atoms with Gasteiger partial charge in [-0.15, -0.1) is 22.7 Å². The molecule has 0 aliphatic carbocycles. The number of nitrogens with one attached hydrogen (secondary N) is 1. The van der Waals surface area contributed by atoms with Crippen molar-refractivity contribution in [3.8, 4) is 16.3 Å². The minimum absolute atomic E-state index is 0.239. The number of ether oxygens (including phenoxy) is 1. The highest BCUT2D eigenvalue weighted by atomic mass is 32.1. The zero-order chi connectivity index (χ0) is 19.1. The van der Waals surface area contributed by atoms with E-state index in [9.17, 15) is 4.79 Å². The normalized spacial score (nSPS) is 11.2. The van der Waals surface area contributed by atoms with Crippen LogP contribution in [0.2, 0.25) is 0 Å². The van der Waals surface area contributed by atoms with E-state index >= 15 is 0 Å². The Bertz CT molecular complexity index is 1280. The number of rotatable bonds is 4. The maximum Gasteiger partial charge on any atom is 0.292 e. The Morgan fingerprint density at radius 1 is 1.14 bits per heavy atom. The van der Waals surface area contributed by atoms with Crippen molar-refractivity contribution < 1.29 is 13.9 Å². The number of thiophene rings is 1. The fourth-order valence-electron chi connectivity index (χ4n) is 3.04. The van der Waals surface area contributed by atoms with Crippen LogP contribution in [0.4, 0.5) is 5.00 Å². The van der Waals surface area contributed by atoms with E-state index in [0.717, 1.165) is 31.2 Å². The lowest BCUT2D eigenvalue weighted by Crippen LogP contribution is -2.10. The molecule has 0 unspecified atom stereocenters. The summed E-state index contributed by atoms with van der Waals surface area (Å²) < 4.78 is 12.2. The molecule has 5 nitrogen and oxygen atoms in total. The average Bonchev–Trinajstić information content (AvgIpc) is 3.44. The standard InChI is InChI=1S/C21H14N2O3S2/c1-25-15-7-4-5-12-11-16(26-18(12)15)19(24)23-20-13(9-10-27-20)21-22-14-6-2-3-8-17(14)28-21/h2-11H,1H3,(H,23,24). The van der Waals surface area contributed by atoms with Gasteiger partial charge in [0.2, 0.25) is 0 Å². The number of para-hydroxylation sites is 2. The molecule has 1 N–H and O–H groups in total. The van der Waals surface area contributed by atoms with Crippen molar-refractivity contribution in [3.05, 3.63) is 65.7 Å². The Hall–Kier alpha value is -3.16. The lowest BCUT2D eigenvalue weighted by Gasteiger charge is -2.02. The number of fused-ring (bicyclic) bond motifs is 2. The minimum Gasteiger partial charge on any atom is -0.493 e. The van der Waals surface area contributed by atoms with Gasteiger partial charge < -0.3 is 14.5 Å². The van der Waals surface area contributed by atoms with Gasteiger partial charge in [-0.1, -0.05) is 24.3 Å². The van der Waals surface area contributed by atoms with Gasteiger partial charge in [0.1, 0.15) is 10.0 Å². The zero-order valence-electron chi connectivity index (χ0n) is 14.8. The highest BCUT2D eigenvalue weighted by molar-refractivity contribution is 7.22. The van der Waals surface area contributed by atoms with Crippen molar-refractivity contribution in [2.24, 2.45) is 0 Å². The summed E-state index contributed by atoms with van der Waals surface area (Å²) in [5.74, 6) is 0.536. The van der Waals surface area contributed by atoms with E-state index in [1.165, 1.54) is 11.3 Å². The van der Waals surface area contributed by atoms with Crippen LogP contribution in [0.3, 0.4) is 0 Å². The number of nitrogens with zero attached hydrogens (tertiary/aromatic N) is 1. The molecule has 28 heavy (non-hydrogen) atoms. The van der Waals surface area contributed by atoms with Crippen molar-refractivity contribution in [1.29, 1.82) is 0 Å². The first-order valence-electron chi connectivity index (χ1n) is 8.54. The molecule has 0 fully saturated rings. The van der Waals surface area contributed by atoms with Crippen molar-refractivity contribution in [2.75, 3.05) is 12.4 Å². The largest absolute Gasteiger partial charge is 0.493 e. The number of methoxy groups -OCH3 is 1. The summed E-state index contributed by atoms with van der Waals surface area (Å²) >= 11 is 3.07. The second kappa shape index (κ2) is 6.78. The fourth-order valence-corrected chi connectivity index (χ4v) is 4.88. The Balaban J connectivity index is 1.47. The van der Waals surface area contributed by atoms with Gasteiger partial charge in [0.15, 0.2) is 17.1 Å². The summed E-state index contributed by atoms with van der Waals surface area (Å²) in [6.45, 7) is 0. The average molecular weight is 406 g/mol. The van der Waals surface area contributed by atoms with Crippen molar-refractivity contribution >= 4 is 54.8 Å². The van der Waals surface area contributed by atoms with Crippen LogP contribution in [0.15, 0.2) is 64.4 Å². The predicted octanol–water partition coefficient (Wildman–Crippen LogP) is 6.03. The third-order valence-corrected chi connectivity index (χ3v) is 6.27. The Kier molecular flexibility index (Phi) is 4.11. The number of furan rings is 1. The number of benzene rings is 2. The number of carbonyl (C=O) groups excluding carboxylic acids is 1. The summed E-state index contributed by atoms with van der Waals surface area (Å²) in [4.78, 5) is 17.5. The van der Waals surface area contributed by atoms with Crippen LogP contribution in [-0.2, 0) is 0 Å². The summed E-state index contributed by atoms with van der Waals surface area (Å²) in [5, 5.41) is 7.35. The van der Waals surface area contributed by atoms with E-state index in [-0.39, 0.29) is 11.7 Å². The molecule has 0 aliphatic rings. The van der Waals surface area contributed by atoms with E-state index in [1.54, 1.807) is 30.6 Å². The number of hydrogen-bond acceptors (Lipinski definition) is 6. The molecule has 7 heteroatoms. The SMILES string of the molecule is COc1cccc2cc(C(=O)Nc3sccc3-c3nc4ccccc4s3)oc12. The van der Waals surface area contributed by atoms with Gasteiger partial charge in [0.25, 0.3) is 5.91 Å². The van der Waals surface area contributed by atoms with Gasteiger partial charge in [-0.05, 0) is 35.7 Å². The van der Waals surface area contributed by atoms with Crippen LogP contribution in [0.25, 0.3) is 31.8 Å². The lowest BCUT2D eigenvalue weighted by molar-refractivity contribution is 0.0999. The van der Waals surface area contributed by atoms with Crippen LogP contribution in [0.5, 0.6) is 5.75 Å². The third-order valence-electron chi connectivity index (χ3n) is 4.37. The summed E-state index contributed by atoms with van der Waals surface area (Å²) in [5.41, 5.74) is 2.43. The summed E-state index contributed by atoms with van der Waals surface area (Å²) in [7, 11) is 1.58. The smallest absolute Gasteiger partial charge is 0.292 e. The van der Waals surface area contributed by atoms with E-state index in [0.29, 0.717) is 11.3 Å². The monoisotopic (exact) mass is 406 g/mol. The molecule has 0 bridgehead atoms. The quantitative estimate of drug-likeness (QED) is 0.396. The molecule has 0 aliphatic heterocycles. The third kappa shape index (κ3) is 2.85. The molecule has 3 heterocycles. The number of thiazole rings is 1. The molecule has 0 spiro atoms. The second-order valence-corrected chi connectivity index (χ2v) is 8.04. The first kappa shape index (κ1) is 17.0. The molecule has 0 radical (unpaired) electrons. The Labute approximate surface area is 168 Å². The molecule has 0 saturated carbocycles. The van der Waals surface area contributed by atoms with Crippen LogP contribution in [0, 0.1) is 0 Å². The van der Waals surface area contributed by atoms with E-state index in [2.05, 4.69) is 10.3 Å². The van der Waals surface area contributed by atoms with E-state index < -0.39 is 0 Å². The summed E-state index contributed by atoms with van der Waals surface area (Å²) in [6.07, 6.45) is 0. The van der Waals surface area contributed by atoms with Gasteiger partial charge >= 0.3 is 0 Å². The first-order valence-corrected chi connectivity index (χ1v) is 10.2. The highest BCUT2D eigenvalue weighted by Gasteiger charge is 2.18. The van der Waals surface area contributed by atoms with Crippen LogP contribution >= 0.6 is 22.7 Å². The van der Waals surface area contributed by atoms with Crippen molar-refractivity contribution in [2.45, 2.75) is 0 Å². The predicted molar refractivity (Wildman–Crippen MR) is 114 cm³/mol. The molecular formula is C21H14N2O3S2. The molecule has 0 atom stereocenters. The lowest BCUT2D eigenvalue weighted by atomic mass is 10.2. The van der Waals surface area contributed by atoms with Gasteiger partial charge in [-0.25, -0.2) is 4.98 Å². The van der Waals surface area contributed by atoms with Gasteiger partial charge in [-0.3, -0.25) is 4.79 Å². The molecule has 138 valence electrons. The molecule has 0 saturated heterocycles. The maximum atomic E-state index is 12.8. The van der Waals surface area contributed by atoms with Crippen molar-refractivity contribution in [3.63, 3.8) is 0 Å². The maximum absolute atomic E-state index is 12.8. The molecule has 5 aromatic rings. The molecular weight excluding hydrogens is 392 g/mol. The number of aromatic nitrogens is 1. The Morgan fingerprint density at radius 2 is 2.04 bits per heavy atom. The van der Waals surface area contributed by atoms with Crippen LogP contribution in [0.1, 0.15) is 10.6 Å². The molecule has 1 amide bonds.